The molecule has 1 aromatic heterocycles. The average Bonchev–Trinajstić information content (AvgIpc) is 2.47. The average molecular weight is 341 g/mol. The van der Waals surface area contributed by atoms with Gasteiger partial charge in [-0.05, 0) is 40.5 Å². The van der Waals surface area contributed by atoms with Crippen LogP contribution in [-0.4, -0.2) is 60.6 Å². The maximum Gasteiger partial charge on any atom is 0.125 e. The summed E-state index contributed by atoms with van der Waals surface area (Å²) in [5.74, 6) is 1.59. The van der Waals surface area contributed by atoms with E-state index in [0.717, 1.165) is 16.8 Å². The summed E-state index contributed by atoms with van der Waals surface area (Å²) in [6.45, 7) is 12.7. The number of nitrogens with one attached hydrogen (secondary N) is 1. The van der Waals surface area contributed by atoms with E-state index in [1.807, 2.05) is 18.3 Å². The molecule has 1 fully saturated rings. The number of nitrogens with zero attached hydrogens (tertiary/aromatic N) is 3. The van der Waals surface area contributed by atoms with Crippen LogP contribution in [0.15, 0.2) is 22.8 Å². The van der Waals surface area contributed by atoms with Gasteiger partial charge in [-0.2, -0.15) is 0 Å². The quantitative estimate of drug-likeness (QED) is 0.862. The minimum Gasteiger partial charge on any atom is -0.370 e. The van der Waals surface area contributed by atoms with E-state index in [-0.39, 0.29) is 0 Å². The molecule has 0 amide bonds. The number of aromatic nitrogens is 1. The molecule has 1 aliphatic rings. The minimum absolute atomic E-state index is 0.633. The summed E-state index contributed by atoms with van der Waals surface area (Å²) >= 11 is 3.40. The molecule has 1 aromatic rings. The standard InChI is InChI=1S/C15H25BrN4/c1-3-19-6-8-20(9-7-19)12-13(2)10-17-15-5-4-14(16)11-18-15/h4-5,11,13H,3,6-10,12H2,1-2H3,(H,17,18). The molecule has 0 bridgehead atoms. The highest BCUT2D eigenvalue weighted by molar-refractivity contribution is 9.10. The van der Waals surface area contributed by atoms with E-state index in [0.29, 0.717) is 5.92 Å². The van der Waals surface area contributed by atoms with Gasteiger partial charge in [0.1, 0.15) is 5.82 Å². The second kappa shape index (κ2) is 7.96. The predicted octanol–water partition coefficient (Wildman–Crippen LogP) is 2.53. The van der Waals surface area contributed by atoms with E-state index < -0.39 is 0 Å². The lowest BCUT2D eigenvalue weighted by Gasteiger charge is -2.35. The third-order valence-corrected chi connectivity index (χ3v) is 4.31. The first-order valence-corrected chi connectivity index (χ1v) is 8.27. The van der Waals surface area contributed by atoms with Gasteiger partial charge in [-0.1, -0.05) is 13.8 Å². The van der Waals surface area contributed by atoms with E-state index in [1.54, 1.807) is 0 Å². The van der Waals surface area contributed by atoms with E-state index in [4.69, 9.17) is 0 Å². The summed E-state index contributed by atoms with van der Waals surface area (Å²) in [6, 6.07) is 4.03. The van der Waals surface area contributed by atoms with Gasteiger partial charge in [0.25, 0.3) is 0 Å². The molecule has 0 saturated carbocycles. The zero-order chi connectivity index (χ0) is 14.4. The van der Waals surface area contributed by atoms with Gasteiger partial charge in [-0.15, -0.1) is 0 Å². The molecule has 2 heterocycles. The number of piperazine rings is 1. The highest BCUT2D eigenvalue weighted by Gasteiger charge is 2.17. The van der Waals surface area contributed by atoms with Crippen LogP contribution in [0.5, 0.6) is 0 Å². The first-order valence-electron chi connectivity index (χ1n) is 7.47. The van der Waals surface area contributed by atoms with Crippen molar-refractivity contribution in [1.82, 2.24) is 14.8 Å². The van der Waals surface area contributed by atoms with Crippen LogP contribution in [0.1, 0.15) is 13.8 Å². The van der Waals surface area contributed by atoms with Crippen molar-refractivity contribution in [1.29, 1.82) is 0 Å². The van der Waals surface area contributed by atoms with E-state index >= 15 is 0 Å². The Morgan fingerprint density at radius 1 is 1.25 bits per heavy atom. The Labute approximate surface area is 130 Å². The van der Waals surface area contributed by atoms with Crippen LogP contribution in [0.4, 0.5) is 5.82 Å². The largest absolute Gasteiger partial charge is 0.370 e. The molecular formula is C15H25BrN4. The Bertz CT molecular complexity index is 387. The van der Waals surface area contributed by atoms with Crippen molar-refractivity contribution >= 4 is 21.7 Å². The van der Waals surface area contributed by atoms with Gasteiger partial charge in [-0.3, -0.25) is 0 Å². The highest BCUT2D eigenvalue weighted by atomic mass is 79.9. The first kappa shape index (κ1) is 15.7. The van der Waals surface area contributed by atoms with Crippen molar-refractivity contribution in [3.63, 3.8) is 0 Å². The third-order valence-electron chi connectivity index (χ3n) is 3.84. The van der Waals surface area contributed by atoms with E-state index in [1.165, 1.54) is 39.3 Å². The lowest BCUT2D eigenvalue weighted by atomic mass is 10.1. The van der Waals surface area contributed by atoms with Crippen LogP contribution in [0, 0.1) is 5.92 Å². The van der Waals surface area contributed by atoms with Gasteiger partial charge in [0.05, 0.1) is 0 Å². The normalized spacial score (nSPS) is 18.9. The minimum atomic E-state index is 0.633. The highest BCUT2D eigenvalue weighted by Crippen LogP contribution is 2.11. The molecule has 1 atom stereocenters. The molecule has 1 unspecified atom stereocenters. The summed E-state index contributed by atoms with van der Waals surface area (Å²) in [4.78, 5) is 9.44. The van der Waals surface area contributed by atoms with Gasteiger partial charge < -0.3 is 15.1 Å². The van der Waals surface area contributed by atoms with Gasteiger partial charge in [0.2, 0.25) is 0 Å². The van der Waals surface area contributed by atoms with E-state index in [2.05, 4.69) is 49.9 Å². The molecule has 0 aromatic carbocycles. The van der Waals surface area contributed by atoms with Crippen LogP contribution in [-0.2, 0) is 0 Å². The second-order valence-electron chi connectivity index (χ2n) is 5.58. The smallest absolute Gasteiger partial charge is 0.125 e. The van der Waals surface area contributed by atoms with Crippen molar-refractivity contribution in [3.8, 4) is 0 Å². The van der Waals surface area contributed by atoms with Crippen LogP contribution < -0.4 is 5.32 Å². The fourth-order valence-electron chi connectivity index (χ4n) is 2.55. The molecule has 20 heavy (non-hydrogen) atoms. The summed E-state index contributed by atoms with van der Waals surface area (Å²) in [7, 11) is 0. The SMILES string of the molecule is CCN1CCN(CC(C)CNc2ccc(Br)cn2)CC1. The summed E-state index contributed by atoms with van der Waals surface area (Å²) in [5, 5.41) is 3.41. The van der Waals surface area contributed by atoms with Crippen molar-refractivity contribution in [2.45, 2.75) is 13.8 Å². The predicted molar refractivity (Wildman–Crippen MR) is 88.1 cm³/mol. The maximum absolute atomic E-state index is 4.34. The molecule has 0 spiro atoms. The Balaban J connectivity index is 1.68. The molecular weight excluding hydrogens is 316 g/mol. The molecule has 2 rings (SSSR count). The fourth-order valence-corrected chi connectivity index (χ4v) is 2.79. The number of anilines is 1. The zero-order valence-corrected chi connectivity index (χ0v) is 14.1. The maximum atomic E-state index is 4.34. The van der Waals surface area contributed by atoms with Crippen LogP contribution in [0.3, 0.4) is 0 Å². The molecule has 0 radical (unpaired) electrons. The molecule has 1 aliphatic heterocycles. The molecule has 4 nitrogen and oxygen atoms in total. The fraction of sp³-hybridized carbons (Fsp3) is 0.667. The number of rotatable bonds is 6. The first-order chi connectivity index (χ1) is 9.67. The summed E-state index contributed by atoms with van der Waals surface area (Å²) in [6.07, 6.45) is 1.83. The molecule has 1 N–H and O–H groups in total. The Morgan fingerprint density at radius 2 is 1.95 bits per heavy atom. The lowest BCUT2D eigenvalue weighted by molar-refractivity contribution is 0.126. The van der Waals surface area contributed by atoms with Crippen molar-refractivity contribution < 1.29 is 0 Å². The van der Waals surface area contributed by atoms with E-state index in [9.17, 15) is 0 Å². The van der Waals surface area contributed by atoms with Crippen molar-refractivity contribution in [2.75, 3.05) is 51.1 Å². The molecule has 5 heteroatoms. The number of hydrogen-bond acceptors (Lipinski definition) is 4. The molecule has 0 aliphatic carbocycles. The second-order valence-corrected chi connectivity index (χ2v) is 6.50. The number of likely N-dealkylation sites (N-methyl/N-ethyl adjacent to an activating group) is 1. The van der Waals surface area contributed by atoms with Crippen molar-refractivity contribution in [3.05, 3.63) is 22.8 Å². The summed E-state index contributed by atoms with van der Waals surface area (Å²) < 4.78 is 1.02. The molecule has 1 saturated heterocycles. The Hall–Kier alpha value is -0.650. The van der Waals surface area contributed by atoms with Crippen LogP contribution in [0.2, 0.25) is 0 Å². The Kier molecular flexibility index (Phi) is 6.26. The topological polar surface area (TPSA) is 31.4 Å². The number of halogens is 1. The van der Waals surface area contributed by atoms with Gasteiger partial charge >= 0.3 is 0 Å². The zero-order valence-electron chi connectivity index (χ0n) is 12.5. The summed E-state index contributed by atoms with van der Waals surface area (Å²) in [5.41, 5.74) is 0. The van der Waals surface area contributed by atoms with Crippen LogP contribution in [0.25, 0.3) is 0 Å². The number of pyridine rings is 1. The van der Waals surface area contributed by atoms with Gasteiger partial charge in [0, 0.05) is 49.9 Å². The molecule has 112 valence electrons. The van der Waals surface area contributed by atoms with Crippen LogP contribution >= 0.6 is 15.9 Å². The number of hydrogen-bond donors (Lipinski definition) is 1. The van der Waals surface area contributed by atoms with Crippen molar-refractivity contribution in [2.24, 2.45) is 5.92 Å². The van der Waals surface area contributed by atoms with Gasteiger partial charge in [-0.25, -0.2) is 4.98 Å². The Morgan fingerprint density at radius 3 is 2.55 bits per heavy atom. The third kappa shape index (κ3) is 5.04. The lowest BCUT2D eigenvalue weighted by Crippen LogP contribution is -2.47. The monoisotopic (exact) mass is 340 g/mol. The van der Waals surface area contributed by atoms with Gasteiger partial charge in [0.15, 0.2) is 0 Å².